The molecule has 0 bridgehead atoms. The number of carbonyl (C=O) groups is 2. The predicted octanol–water partition coefficient (Wildman–Crippen LogP) is 2.64. The third-order valence-electron chi connectivity index (χ3n) is 7.17. The van der Waals surface area contributed by atoms with E-state index in [9.17, 15) is 31.2 Å². The smallest absolute Gasteiger partial charge is 0.480 e. The minimum absolute atomic E-state index is 0.0753. The third-order valence-corrected chi connectivity index (χ3v) is 9.09. The van der Waals surface area contributed by atoms with Gasteiger partial charge in [-0.05, 0) is 48.0 Å². The molecule has 17 heteroatoms. The van der Waals surface area contributed by atoms with Crippen molar-refractivity contribution in [2.45, 2.75) is 23.8 Å². The van der Waals surface area contributed by atoms with Crippen LogP contribution in [-0.2, 0) is 26.2 Å². The molecule has 4 aromatic rings. The van der Waals surface area contributed by atoms with E-state index in [0.717, 1.165) is 16.4 Å². The number of alkyl halides is 3. The van der Waals surface area contributed by atoms with Gasteiger partial charge in [-0.15, -0.1) is 13.2 Å². The molecule has 3 heterocycles. The first-order valence-corrected chi connectivity index (χ1v) is 15.2. The summed E-state index contributed by atoms with van der Waals surface area (Å²) < 4.78 is 70.3. The van der Waals surface area contributed by atoms with E-state index < -0.39 is 40.1 Å². The second-order valence-electron chi connectivity index (χ2n) is 10.3. The van der Waals surface area contributed by atoms with Gasteiger partial charge in [-0.25, -0.2) is 18.4 Å². The van der Waals surface area contributed by atoms with Gasteiger partial charge in [0.25, 0.3) is 0 Å². The lowest BCUT2D eigenvalue weighted by atomic mass is 10.1. The number of ether oxygens (including phenoxy) is 1. The molecule has 1 aliphatic rings. The average molecular weight is 660 g/mol. The molecule has 0 radical (unpaired) electrons. The van der Waals surface area contributed by atoms with Crippen LogP contribution < -0.4 is 19.9 Å². The SMILES string of the molecule is CN(CC(=O)O)c1ccc(S(=O)(=O)N2CCN(c3cnc4cnccc4n3)C[C@@H]2C(=O)NCc2ccc(OC(F)(F)F)cc2)cc1. The maximum Gasteiger partial charge on any atom is 0.573 e. The van der Waals surface area contributed by atoms with Gasteiger partial charge in [0.2, 0.25) is 15.9 Å². The monoisotopic (exact) mass is 659 g/mol. The Morgan fingerprint density at radius 2 is 1.76 bits per heavy atom. The van der Waals surface area contributed by atoms with Gasteiger partial charge < -0.3 is 25.0 Å². The molecule has 0 unspecified atom stereocenters. The number of carboxylic acids is 1. The minimum atomic E-state index is -4.85. The number of carboxylic acid groups (broad SMARTS) is 1. The lowest BCUT2D eigenvalue weighted by molar-refractivity contribution is -0.274. The van der Waals surface area contributed by atoms with Crippen LogP contribution in [0, 0.1) is 0 Å². The molecule has 1 aliphatic heterocycles. The van der Waals surface area contributed by atoms with E-state index in [1.165, 1.54) is 47.5 Å². The Labute approximate surface area is 261 Å². The van der Waals surface area contributed by atoms with Gasteiger partial charge in [0.05, 0.1) is 22.8 Å². The van der Waals surface area contributed by atoms with Crippen molar-refractivity contribution in [3.63, 3.8) is 0 Å². The summed E-state index contributed by atoms with van der Waals surface area (Å²) in [7, 11) is -2.67. The number of aliphatic carboxylic acids is 1. The second kappa shape index (κ2) is 13.1. The Balaban J connectivity index is 1.38. The lowest BCUT2D eigenvalue weighted by Gasteiger charge is -2.40. The van der Waals surface area contributed by atoms with Crippen LogP contribution in [0.15, 0.2) is 78.1 Å². The number of aromatic nitrogens is 3. The Morgan fingerprint density at radius 3 is 2.43 bits per heavy atom. The van der Waals surface area contributed by atoms with Crippen LogP contribution in [0.5, 0.6) is 5.75 Å². The molecule has 0 saturated carbocycles. The number of rotatable bonds is 10. The number of halogens is 3. The van der Waals surface area contributed by atoms with Gasteiger partial charge in [-0.3, -0.25) is 14.6 Å². The Hall–Kier alpha value is -5.03. The zero-order chi connectivity index (χ0) is 33.1. The van der Waals surface area contributed by atoms with Gasteiger partial charge in [0, 0.05) is 45.1 Å². The highest BCUT2D eigenvalue weighted by Crippen LogP contribution is 2.27. The van der Waals surface area contributed by atoms with E-state index in [1.807, 2.05) is 0 Å². The number of nitrogens with zero attached hydrogens (tertiary/aromatic N) is 6. The minimum Gasteiger partial charge on any atom is -0.480 e. The number of pyridine rings is 1. The standard InChI is InChI=1S/C29H28F3N7O6S/c1-37(18-27(40)41)20-4-8-22(9-5-20)46(43,44)39-13-12-38(26-16-34-24-15-33-11-10-23(24)36-26)17-25(39)28(42)35-14-19-2-6-21(7-3-19)45-29(30,31)32/h2-11,15-16,25H,12-14,17-18H2,1H3,(H,35,42)(H,40,41)/t25-/m1/s1. The Bertz CT molecular complexity index is 1830. The number of benzene rings is 2. The summed E-state index contributed by atoms with van der Waals surface area (Å²) in [5, 5.41) is 11.8. The van der Waals surface area contributed by atoms with Crippen molar-refractivity contribution >= 4 is 44.4 Å². The van der Waals surface area contributed by atoms with Crippen molar-refractivity contribution < 1.29 is 41.0 Å². The van der Waals surface area contributed by atoms with Crippen LogP contribution in [-0.4, -0.2) is 90.3 Å². The maximum atomic E-state index is 13.9. The second-order valence-corrected chi connectivity index (χ2v) is 12.2. The first-order chi connectivity index (χ1) is 21.8. The van der Waals surface area contributed by atoms with Crippen LogP contribution in [0.3, 0.4) is 0 Å². The van der Waals surface area contributed by atoms with E-state index in [1.54, 1.807) is 30.4 Å². The van der Waals surface area contributed by atoms with E-state index in [2.05, 4.69) is 25.0 Å². The number of carbonyl (C=O) groups excluding carboxylic acids is 1. The molecule has 242 valence electrons. The molecule has 2 aromatic heterocycles. The van der Waals surface area contributed by atoms with Crippen molar-refractivity contribution in [3.05, 3.63) is 78.8 Å². The summed E-state index contributed by atoms with van der Waals surface area (Å²) in [5.74, 6) is -1.68. The molecule has 1 saturated heterocycles. The van der Waals surface area contributed by atoms with E-state index in [-0.39, 0.29) is 37.6 Å². The number of anilines is 2. The number of likely N-dealkylation sites (N-methyl/N-ethyl adjacent to an activating group) is 1. The van der Waals surface area contributed by atoms with Gasteiger partial charge in [0.15, 0.2) is 0 Å². The first-order valence-electron chi connectivity index (χ1n) is 13.8. The Kier molecular flexibility index (Phi) is 9.24. The molecular weight excluding hydrogens is 631 g/mol. The van der Waals surface area contributed by atoms with E-state index in [4.69, 9.17) is 5.11 Å². The van der Waals surface area contributed by atoms with Crippen LogP contribution in [0.1, 0.15) is 5.56 Å². The molecule has 13 nitrogen and oxygen atoms in total. The molecule has 2 N–H and O–H groups in total. The van der Waals surface area contributed by atoms with Gasteiger partial charge in [-0.1, -0.05) is 12.1 Å². The van der Waals surface area contributed by atoms with Crippen molar-refractivity contribution in [2.24, 2.45) is 0 Å². The fraction of sp³-hybridized carbons (Fsp3) is 0.276. The zero-order valence-electron chi connectivity index (χ0n) is 24.3. The summed E-state index contributed by atoms with van der Waals surface area (Å²) in [6.07, 6.45) is -0.216. The normalized spacial score (nSPS) is 15.8. The quantitative estimate of drug-likeness (QED) is 0.258. The third kappa shape index (κ3) is 7.60. The fourth-order valence-corrected chi connectivity index (χ4v) is 6.47. The Morgan fingerprint density at radius 1 is 1.04 bits per heavy atom. The molecule has 2 aromatic carbocycles. The number of piperazine rings is 1. The predicted molar refractivity (Wildman–Crippen MR) is 160 cm³/mol. The van der Waals surface area contributed by atoms with Crippen LogP contribution in [0.2, 0.25) is 0 Å². The largest absolute Gasteiger partial charge is 0.573 e. The number of fused-ring (bicyclic) bond motifs is 1. The van der Waals surface area contributed by atoms with E-state index in [0.29, 0.717) is 28.1 Å². The highest BCUT2D eigenvalue weighted by molar-refractivity contribution is 7.89. The molecule has 5 rings (SSSR count). The summed E-state index contributed by atoms with van der Waals surface area (Å²) in [6.45, 7) is -0.353. The molecule has 1 fully saturated rings. The average Bonchev–Trinajstić information content (AvgIpc) is 3.02. The fourth-order valence-electron chi connectivity index (χ4n) is 4.90. The molecule has 1 atom stereocenters. The summed E-state index contributed by atoms with van der Waals surface area (Å²) in [6, 6.07) is 11.0. The molecule has 46 heavy (non-hydrogen) atoms. The van der Waals surface area contributed by atoms with Crippen molar-refractivity contribution in [1.82, 2.24) is 24.6 Å². The molecule has 0 spiro atoms. The number of amides is 1. The summed E-state index contributed by atoms with van der Waals surface area (Å²) >= 11 is 0. The number of hydrogen-bond donors (Lipinski definition) is 2. The lowest BCUT2D eigenvalue weighted by Crippen LogP contribution is -2.60. The summed E-state index contributed by atoms with van der Waals surface area (Å²) in [4.78, 5) is 40.8. The molecule has 1 amide bonds. The zero-order valence-corrected chi connectivity index (χ0v) is 25.1. The first kappa shape index (κ1) is 32.4. The van der Waals surface area contributed by atoms with Gasteiger partial charge in [-0.2, -0.15) is 4.31 Å². The van der Waals surface area contributed by atoms with Crippen LogP contribution in [0.4, 0.5) is 24.7 Å². The number of sulfonamides is 1. The van der Waals surface area contributed by atoms with E-state index >= 15 is 0 Å². The van der Waals surface area contributed by atoms with Crippen molar-refractivity contribution in [3.8, 4) is 5.75 Å². The summed E-state index contributed by atoms with van der Waals surface area (Å²) in [5.41, 5.74) is 2.07. The molecular formula is C29H28F3N7O6S. The topological polar surface area (TPSA) is 158 Å². The van der Waals surface area contributed by atoms with Gasteiger partial charge >= 0.3 is 12.3 Å². The van der Waals surface area contributed by atoms with Gasteiger partial charge in [0.1, 0.15) is 29.7 Å². The maximum absolute atomic E-state index is 13.9. The van der Waals surface area contributed by atoms with Crippen LogP contribution >= 0.6 is 0 Å². The van der Waals surface area contributed by atoms with Crippen molar-refractivity contribution in [1.29, 1.82) is 0 Å². The molecule has 0 aliphatic carbocycles. The highest BCUT2D eigenvalue weighted by Gasteiger charge is 2.40. The number of hydrogen-bond acceptors (Lipinski definition) is 10. The highest BCUT2D eigenvalue weighted by atomic mass is 32.2. The van der Waals surface area contributed by atoms with Crippen LogP contribution in [0.25, 0.3) is 11.0 Å². The van der Waals surface area contributed by atoms with Crippen molar-refractivity contribution in [2.75, 3.05) is 43.0 Å². The number of nitrogens with one attached hydrogen (secondary N) is 1.